The van der Waals surface area contributed by atoms with E-state index < -0.39 is 41.8 Å². The number of esters is 2. The molecule has 1 fully saturated rings. The van der Waals surface area contributed by atoms with Crippen LogP contribution in [0.15, 0.2) is 84.6 Å². The van der Waals surface area contributed by atoms with Crippen molar-refractivity contribution in [3.63, 3.8) is 0 Å². The second-order valence-electron chi connectivity index (χ2n) is 8.84. The molecule has 1 N–H and O–H groups in total. The van der Waals surface area contributed by atoms with Crippen LogP contribution in [0.1, 0.15) is 37.0 Å². The largest absolute Gasteiger partial charge is 0.463 e. The Balaban J connectivity index is 1.70. The van der Waals surface area contributed by atoms with Crippen molar-refractivity contribution in [1.82, 2.24) is 10.2 Å². The lowest BCUT2D eigenvalue weighted by Crippen LogP contribution is -2.81. The lowest BCUT2D eigenvalue weighted by atomic mass is 9.80. The molecular weight excluding hydrogens is 504 g/mol. The van der Waals surface area contributed by atoms with Gasteiger partial charge in [0.05, 0.1) is 18.2 Å². The number of fused-ring (bicyclic) bond motifs is 1. The van der Waals surface area contributed by atoms with E-state index in [0.717, 1.165) is 4.90 Å². The van der Waals surface area contributed by atoms with Crippen LogP contribution in [0, 0.1) is 0 Å². The second kappa shape index (κ2) is 12.0. The van der Waals surface area contributed by atoms with Gasteiger partial charge in [0.15, 0.2) is 6.10 Å². The van der Waals surface area contributed by atoms with Crippen molar-refractivity contribution in [1.29, 1.82) is 0 Å². The maximum absolute atomic E-state index is 13.8. The van der Waals surface area contributed by atoms with Gasteiger partial charge in [-0.25, -0.2) is 14.4 Å². The molecule has 4 rings (SSSR count). The second-order valence-corrected chi connectivity index (χ2v) is 8.84. The van der Waals surface area contributed by atoms with Gasteiger partial charge >= 0.3 is 18.0 Å². The predicted molar refractivity (Wildman–Crippen MR) is 139 cm³/mol. The van der Waals surface area contributed by atoms with Crippen LogP contribution in [0.3, 0.4) is 0 Å². The van der Waals surface area contributed by atoms with E-state index in [2.05, 4.69) is 11.9 Å². The van der Waals surface area contributed by atoms with Crippen LogP contribution in [0.4, 0.5) is 4.79 Å². The molecule has 0 bridgehead atoms. The minimum Gasteiger partial charge on any atom is -0.463 e. The molecule has 1 saturated heterocycles. The van der Waals surface area contributed by atoms with Crippen LogP contribution >= 0.6 is 0 Å². The monoisotopic (exact) mass is 534 g/mol. The maximum Gasteiger partial charge on any atom is 0.410 e. The van der Waals surface area contributed by atoms with Gasteiger partial charge in [0.1, 0.15) is 12.3 Å². The van der Waals surface area contributed by atoms with Crippen LogP contribution in [-0.2, 0) is 33.3 Å². The zero-order valence-electron chi connectivity index (χ0n) is 21.8. The topological polar surface area (TPSA) is 120 Å². The molecule has 2 aliphatic rings. The van der Waals surface area contributed by atoms with Crippen molar-refractivity contribution < 1.29 is 38.1 Å². The number of amides is 2. The predicted octanol–water partition coefficient (Wildman–Crippen LogP) is 3.40. The highest BCUT2D eigenvalue weighted by atomic mass is 16.6. The third kappa shape index (κ3) is 5.28. The van der Waals surface area contributed by atoms with Crippen molar-refractivity contribution in [3.8, 4) is 0 Å². The Labute approximate surface area is 226 Å². The summed E-state index contributed by atoms with van der Waals surface area (Å²) in [7, 11) is 1.27. The fraction of sp³-hybridized carbons (Fsp3) is 0.310. The lowest BCUT2D eigenvalue weighted by molar-refractivity contribution is -0.204. The van der Waals surface area contributed by atoms with Crippen molar-refractivity contribution in [3.05, 3.63) is 95.7 Å². The van der Waals surface area contributed by atoms with Crippen molar-refractivity contribution >= 4 is 23.9 Å². The van der Waals surface area contributed by atoms with E-state index in [0.29, 0.717) is 11.1 Å². The van der Waals surface area contributed by atoms with Gasteiger partial charge < -0.3 is 18.9 Å². The first-order chi connectivity index (χ1) is 18.9. The Morgan fingerprint density at radius 2 is 1.67 bits per heavy atom. The van der Waals surface area contributed by atoms with Crippen molar-refractivity contribution in [2.24, 2.45) is 0 Å². The molecule has 204 valence electrons. The van der Waals surface area contributed by atoms with E-state index in [1.54, 1.807) is 6.92 Å². The molecule has 2 atom stereocenters. The van der Waals surface area contributed by atoms with Gasteiger partial charge in [-0.15, -0.1) is 0 Å². The van der Waals surface area contributed by atoms with Gasteiger partial charge in [-0.05, 0) is 30.9 Å². The number of alkyl carbamates (subject to hydrolysis) is 1. The Morgan fingerprint density at radius 1 is 1.05 bits per heavy atom. The van der Waals surface area contributed by atoms with Gasteiger partial charge in [-0.2, -0.15) is 0 Å². The number of nitrogens with one attached hydrogen (secondary N) is 1. The van der Waals surface area contributed by atoms with E-state index in [4.69, 9.17) is 18.9 Å². The lowest BCUT2D eigenvalue weighted by Gasteiger charge is -2.56. The van der Waals surface area contributed by atoms with E-state index in [1.807, 2.05) is 60.7 Å². The molecule has 10 nitrogen and oxygen atoms in total. The van der Waals surface area contributed by atoms with Crippen LogP contribution in [0.2, 0.25) is 0 Å². The van der Waals surface area contributed by atoms with Crippen molar-refractivity contribution in [2.45, 2.75) is 37.6 Å². The number of hydrogen-bond acceptors (Lipinski definition) is 8. The molecule has 0 aliphatic carbocycles. The average Bonchev–Trinajstić information content (AvgIpc) is 2.97. The number of carbonyl (C=O) groups is 4. The Kier molecular flexibility index (Phi) is 8.46. The number of hydrogen-bond donors (Lipinski definition) is 1. The summed E-state index contributed by atoms with van der Waals surface area (Å²) in [5.74, 6) is -2.34. The first-order valence-corrected chi connectivity index (χ1v) is 12.5. The first-order valence-electron chi connectivity index (χ1n) is 12.5. The molecule has 0 unspecified atom stereocenters. The Hall–Kier alpha value is -4.44. The number of ether oxygens (including phenoxy) is 4. The summed E-state index contributed by atoms with van der Waals surface area (Å²) < 4.78 is 21.6. The summed E-state index contributed by atoms with van der Waals surface area (Å²) in [6.45, 7) is 5.14. The fourth-order valence-corrected chi connectivity index (χ4v) is 4.83. The summed E-state index contributed by atoms with van der Waals surface area (Å²) in [6, 6.07) is 17.5. The summed E-state index contributed by atoms with van der Waals surface area (Å²) in [6.07, 6.45) is -0.0119. The first kappa shape index (κ1) is 27.6. The third-order valence-corrected chi connectivity index (χ3v) is 6.60. The number of carbonyl (C=O) groups excluding carboxylic acids is 4. The number of nitrogens with zero attached hydrogens (tertiary/aromatic N) is 1. The van der Waals surface area contributed by atoms with Crippen LogP contribution in [0.5, 0.6) is 0 Å². The Morgan fingerprint density at radius 3 is 2.21 bits per heavy atom. The van der Waals surface area contributed by atoms with Gasteiger partial charge in [-0.1, -0.05) is 73.3 Å². The number of β-lactam (4-membered cyclic amide) rings is 1. The van der Waals surface area contributed by atoms with Gasteiger partial charge in [0.25, 0.3) is 5.91 Å². The van der Waals surface area contributed by atoms with E-state index in [1.165, 1.54) is 13.2 Å². The zero-order chi connectivity index (χ0) is 28.0. The number of benzene rings is 2. The summed E-state index contributed by atoms with van der Waals surface area (Å²) in [5.41, 5.74) is -0.584. The molecule has 2 amide bonds. The third-order valence-electron chi connectivity index (χ3n) is 6.60. The molecule has 39 heavy (non-hydrogen) atoms. The smallest absolute Gasteiger partial charge is 0.410 e. The molecule has 2 aromatic carbocycles. The minimum absolute atomic E-state index is 0.0188. The standard InChI is InChI=1S/C29H30N2O8/c1-4-18-38-28(35)30-29(36-3)22-17-16-21(25(32)37-5-2)23(31(22)27(29)34)26(33)39-24(19-12-8-6-9-13-19)20-14-10-7-11-15-20/h4,6-15,22,24H,1,5,16-18H2,2-3H3,(H,30,35)/t22-,29-/m1/s1. The minimum atomic E-state index is -1.78. The zero-order valence-corrected chi connectivity index (χ0v) is 21.8. The van der Waals surface area contributed by atoms with Gasteiger partial charge in [0, 0.05) is 7.11 Å². The van der Waals surface area contributed by atoms with Crippen LogP contribution < -0.4 is 5.32 Å². The molecule has 0 radical (unpaired) electrons. The molecule has 2 aromatic rings. The van der Waals surface area contributed by atoms with Crippen LogP contribution in [0.25, 0.3) is 0 Å². The average molecular weight is 535 g/mol. The van der Waals surface area contributed by atoms with Crippen LogP contribution in [-0.4, -0.2) is 60.9 Å². The number of rotatable bonds is 10. The normalized spacial score (nSPS) is 20.0. The highest BCUT2D eigenvalue weighted by Crippen LogP contribution is 2.44. The highest BCUT2D eigenvalue weighted by molar-refractivity contribution is 6.08. The Bertz CT molecular complexity index is 1240. The fourth-order valence-electron chi connectivity index (χ4n) is 4.83. The molecule has 2 heterocycles. The van der Waals surface area contributed by atoms with E-state index in [-0.39, 0.29) is 37.3 Å². The summed E-state index contributed by atoms with van der Waals surface area (Å²) in [4.78, 5) is 53.7. The molecule has 10 heteroatoms. The maximum atomic E-state index is 13.8. The molecule has 0 saturated carbocycles. The number of methoxy groups -OCH3 is 1. The van der Waals surface area contributed by atoms with Crippen molar-refractivity contribution in [2.75, 3.05) is 20.3 Å². The molecular formula is C29H30N2O8. The molecule has 0 aromatic heterocycles. The summed E-state index contributed by atoms with van der Waals surface area (Å²) in [5, 5.41) is 2.47. The quantitative estimate of drug-likeness (QED) is 0.162. The SMILES string of the molecule is C=CCOC(=O)N[C@]1(OC)C(=O)N2C(C(=O)OC(c3ccccc3)c3ccccc3)=C(C(=O)OCC)CC[C@@H]21. The molecule has 0 spiro atoms. The van der Waals surface area contributed by atoms with E-state index in [9.17, 15) is 19.2 Å². The van der Waals surface area contributed by atoms with Gasteiger partial charge in [0.2, 0.25) is 5.72 Å². The van der Waals surface area contributed by atoms with E-state index >= 15 is 0 Å². The summed E-state index contributed by atoms with van der Waals surface area (Å²) >= 11 is 0. The molecule has 2 aliphatic heterocycles. The highest BCUT2D eigenvalue weighted by Gasteiger charge is 2.66. The van der Waals surface area contributed by atoms with Gasteiger partial charge in [-0.3, -0.25) is 15.0 Å².